The van der Waals surface area contributed by atoms with Gasteiger partial charge in [-0.25, -0.2) is 4.98 Å². The number of rotatable bonds is 4. The summed E-state index contributed by atoms with van der Waals surface area (Å²) in [7, 11) is 0. The SMILES string of the molecule is CSC(C)CNc1ncc(Br)cc1C(F)(F)F. The van der Waals surface area contributed by atoms with E-state index >= 15 is 0 Å². The van der Waals surface area contributed by atoms with Gasteiger partial charge < -0.3 is 5.32 Å². The molecule has 0 radical (unpaired) electrons. The van der Waals surface area contributed by atoms with Crippen molar-refractivity contribution < 1.29 is 13.2 Å². The van der Waals surface area contributed by atoms with Crippen LogP contribution in [0.2, 0.25) is 0 Å². The van der Waals surface area contributed by atoms with Gasteiger partial charge in [-0.05, 0) is 28.3 Å². The Labute approximate surface area is 111 Å². The molecule has 1 aromatic heterocycles. The van der Waals surface area contributed by atoms with E-state index in [2.05, 4.69) is 26.2 Å². The normalized spacial score (nSPS) is 13.5. The van der Waals surface area contributed by atoms with Crippen molar-refractivity contribution in [2.45, 2.75) is 18.3 Å². The largest absolute Gasteiger partial charge is 0.419 e. The number of hydrogen-bond acceptors (Lipinski definition) is 3. The lowest BCUT2D eigenvalue weighted by molar-refractivity contribution is -0.137. The summed E-state index contributed by atoms with van der Waals surface area (Å²) in [6.45, 7) is 2.38. The molecule has 7 heteroatoms. The van der Waals surface area contributed by atoms with E-state index < -0.39 is 11.7 Å². The fraction of sp³-hybridized carbons (Fsp3) is 0.500. The van der Waals surface area contributed by atoms with Crippen molar-refractivity contribution in [2.75, 3.05) is 18.1 Å². The van der Waals surface area contributed by atoms with Gasteiger partial charge in [0.1, 0.15) is 5.82 Å². The monoisotopic (exact) mass is 328 g/mol. The number of pyridine rings is 1. The van der Waals surface area contributed by atoms with Gasteiger partial charge in [0.25, 0.3) is 0 Å². The minimum atomic E-state index is -4.40. The maximum absolute atomic E-state index is 12.7. The van der Waals surface area contributed by atoms with Crippen molar-refractivity contribution in [1.82, 2.24) is 4.98 Å². The molecule has 2 nitrogen and oxygen atoms in total. The number of hydrogen-bond donors (Lipinski definition) is 1. The van der Waals surface area contributed by atoms with Gasteiger partial charge in [-0.3, -0.25) is 0 Å². The number of nitrogens with zero attached hydrogens (tertiary/aromatic N) is 1. The van der Waals surface area contributed by atoms with Crippen LogP contribution in [0, 0.1) is 0 Å². The minimum Gasteiger partial charge on any atom is -0.368 e. The first-order chi connectivity index (χ1) is 7.84. The molecule has 0 aliphatic carbocycles. The average molecular weight is 329 g/mol. The maximum atomic E-state index is 12.7. The van der Waals surface area contributed by atoms with E-state index in [9.17, 15) is 13.2 Å². The molecule has 1 aromatic rings. The summed E-state index contributed by atoms with van der Waals surface area (Å²) in [5.41, 5.74) is -0.750. The van der Waals surface area contributed by atoms with Gasteiger partial charge in [0.15, 0.2) is 0 Å². The first-order valence-corrected chi connectivity index (χ1v) is 6.92. The Morgan fingerprint density at radius 3 is 2.71 bits per heavy atom. The van der Waals surface area contributed by atoms with Crippen LogP contribution < -0.4 is 5.32 Å². The lowest BCUT2D eigenvalue weighted by Crippen LogP contribution is -2.17. The van der Waals surface area contributed by atoms with Crippen LogP contribution >= 0.6 is 27.7 Å². The number of aromatic nitrogens is 1. The molecule has 1 unspecified atom stereocenters. The fourth-order valence-electron chi connectivity index (χ4n) is 1.12. The molecule has 1 heterocycles. The summed E-state index contributed by atoms with van der Waals surface area (Å²) in [6.07, 6.45) is -1.14. The molecule has 96 valence electrons. The first kappa shape index (κ1) is 14.6. The van der Waals surface area contributed by atoms with Gasteiger partial charge in [-0.15, -0.1) is 0 Å². The third-order valence-electron chi connectivity index (χ3n) is 2.12. The van der Waals surface area contributed by atoms with E-state index in [0.717, 1.165) is 6.07 Å². The smallest absolute Gasteiger partial charge is 0.368 e. The van der Waals surface area contributed by atoms with Gasteiger partial charge in [0.05, 0.1) is 5.56 Å². The summed E-state index contributed by atoms with van der Waals surface area (Å²) in [5, 5.41) is 2.95. The maximum Gasteiger partial charge on any atom is 0.419 e. The second-order valence-electron chi connectivity index (χ2n) is 3.47. The second kappa shape index (κ2) is 5.95. The molecule has 0 fully saturated rings. The molecule has 0 aliphatic heterocycles. The zero-order chi connectivity index (χ0) is 13.1. The fourth-order valence-corrected chi connectivity index (χ4v) is 1.70. The van der Waals surface area contributed by atoms with E-state index in [-0.39, 0.29) is 11.1 Å². The zero-order valence-electron chi connectivity index (χ0n) is 9.31. The van der Waals surface area contributed by atoms with Crippen LogP contribution in [0.25, 0.3) is 0 Å². The molecule has 1 atom stereocenters. The summed E-state index contributed by atoms with van der Waals surface area (Å²) >= 11 is 4.57. The third-order valence-corrected chi connectivity index (χ3v) is 3.52. The predicted molar refractivity (Wildman–Crippen MR) is 68.4 cm³/mol. The summed E-state index contributed by atoms with van der Waals surface area (Å²) in [4.78, 5) is 3.76. The quantitative estimate of drug-likeness (QED) is 0.903. The van der Waals surface area contributed by atoms with Crippen LogP contribution in [-0.4, -0.2) is 23.0 Å². The van der Waals surface area contributed by atoms with Crippen molar-refractivity contribution in [3.63, 3.8) is 0 Å². The van der Waals surface area contributed by atoms with E-state index in [1.807, 2.05) is 13.2 Å². The Morgan fingerprint density at radius 1 is 1.53 bits per heavy atom. The second-order valence-corrected chi connectivity index (χ2v) is 5.67. The van der Waals surface area contributed by atoms with E-state index in [4.69, 9.17) is 0 Å². The zero-order valence-corrected chi connectivity index (χ0v) is 11.7. The lowest BCUT2D eigenvalue weighted by Gasteiger charge is -2.15. The molecule has 0 spiro atoms. The van der Waals surface area contributed by atoms with Crippen LogP contribution in [0.1, 0.15) is 12.5 Å². The van der Waals surface area contributed by atoms with Gasteiger partial charge in [0, 0.05) is 22.5 Å². The number of nitrogens with one attached hydrogen (secondary N) is 1. The summed E-state index contributed by atoms with van der Waals surface area (Å²) in [5.74, 6) is -0.124. The van der Waals surface area contributed by atoms with Crippen molar-refractivity contribution in [3.05, 3.63) is 22.3 Å². The standard InChI is InChI=1S/C10H12BrF3N2S/c1-6(17-2)4-15-9-8(10(12,13)14)3-7(11)5-16-9/h3,5-6H,4H2,1-2H3,(H,15,16). The highest BCUT2D eigenvalue weighted by Gasteiger charge is 2.34. The molecule has 0 bridgehead atoms. The molecular weight excluding hydrogens is 317 g/mol. The highest BCUT2D eigenvalue weighted by atomic mass is 79.9. The number of alkyl halides is 3. The Hall–Kier alpha value is -0.430. The van der Waals surface area contributed by atoms with Crippen LogP contribution in [0.3, 0.4) is 0 Å². The molecule has 1 rings (SSSR count). The van der Waals surface area contributed by atoms with Gasteiger partial charge in [0.2, 0.25) is 0 Å². The molecule has 1 N–H and O–H groups in total. The number of halogens is 4. The van der Waals surface area contributed by atoms with Gasteiger partial charge in [-0.2, -0.15) is 24.9 Å². The highest BCUT2D eigenvalue weighted by molar-refractivity contribution is 9.10. The van der Waals surface area contributed by atoms with Crippen molar-refractivity contribution in [3.8, 4) is 0 Å². The first-order valence-electron chi connectivity index (χ1n) is 4.84. The van der Waals surface area contributed by atoms with Crippen LogP contribution in [-0.2, 0) is 6.18 Å². The number of thioether (sulfide) groups is 1. The molecule has 0 saturated heterocycles. The summed E-state index contributed by atoms with van der Waals surface area (Å²) < 4.78 is 38.5. The molecule has 0 aliphatic rings. The van der Waals surface area contributed by atoms with Crippen molar-refractivity contribution in [1.29, 1.82) is 0 Å². The summed E-state index contributed by atoms with van der Waals surface area (Å²) in [6, 6.07) is 1.03. The Balaban J connectivity index is 2.91. The van der Waals surface area contributed by atoms with Gasteiger partial charge >= 0.3 is 6.18 Å². The van der Waals surface area contributed by atoms with Crippen molar-refractivity contribution in [2.24, 2.45) is 0 Å². The van der Waals surface area contributed by atoms with E-state index in [0.29, 0.717) is 11.0 Å². The molecule has 0 amide bonds. The Bertz CT molecular complexity index is 384. The van der Waals surface area contributed by atoms with Crippen LogP contribution in [0.15, 0.2) is 16.7 Å². The molecular formula is C10H12BrF3N2S. The third kappa shape index (κ3) is 4.39. The van der Waals surface area contributed by atoms with Gasteiger partial charge in [-0.1, -0.05) is 6.92 Å². The molecule has 17 heavy (non-hydrogen) atoms. The molecule has 0 aromatic carbocycles. The minimum absolute atomic E-state index is 0.124. The predicted octanol–water partition coefficient (Wildman–Crippen LogP) is 4.03. The van der Waals surface area contributed by atoms with Crippen LogP contribution in [0.4, 0.5) is 19.0 Å². The Kier molecular flexibility index (Phi) is 5.12. The number of anilines is 1. The van der Waals surface area contributed by atoms with E-state index in [1.165, 1.54) is 6.20 Å². The molecule has 0 saturated carbocycles. The van der Waals surface area contributed by atoms with Crippen molar-refractivity contribution >= 4 is 33.5 Å². The average Bonchev–Trinajstić information content (AvgIpc) is 2.25. The highest BCUT2D eigenvalue weighted by Crippen LogP contribution is 2.35. The lowest BCUT2D eigenvalue weighted by atomic mass is 10.2. The van der Waals surface area contributed by atoms with Crippen LogP contribution in [0.5, 0.6) is 0 Å². The van der Waals surface area contributed by atoms with E-state index in [1.54, 1.807) is 11.8 Å². The topological polar surface area (TPSA) is 24.9 Å². The Morgan fingerprint density at radius 2 is 2.18 bits per heavy atom.